The van der Waals surface area contributed by atoms with E-state index in [1.807, 2.05) is 24.3 Å². The minimum Gasteiger partial charge on any atom is -0.496 e. The second-order valence-corrected chi connectivity index (χ2v) is 5.25. The van der Waals surface area contributed by atoms with Gasteiger partial charge in [-0.2, -0.15) is 0 Å². The van der Waals surface area contributed by atoms with Crippen LogP contribution in [0.5, 0.6) is 5.75 Å². The highest BCUT2D eigenvalue weighted by Crippen LogP contribution is 2.28. The van der Waals surface area contributed by atoms with Gasteiger partial charge in [0, 0.05) is 6.54 Å². The molecule has 0 radical (unpaired) electrons. The van der Waals surface area contributed by atoms with Gasteiger partial charge in [0.15, 0.2) is 0 Å². The van der Waals surface area contributed by atoms with E-state index in [9.17, 15) is 0 Å². The van der Waals surface area contributed by atoms with E-state index < -0.39 is 0 Å². The zero-order valence-electron chi connectivity index (χ0n) is 10.8. The summed E-state index contributed by atoms with van der Waals surface area (Å²) in [5, 5.41) is 4.16. The Labute approximate surface area is 132 Å². The standard InChI is InChI=1S/C14H13Cl3N2O/c1-20-12-5-3-2-4-9(12)6-7-18-14-11(16)8-10(15)13(17)19-14/h2-5,8H,6-7H2,1H3,(H,18,19). The molecule has 0 aliphatic carbocycles. The summed E-state index contributed by atoms with van der Waals surface area (Å²) in [5.41, 5.74) is 1.11. The molecular weight excluding hydrogens is 319 g/mol. The number of aromatic nitrogens is 1. The van der Waals surface area contributed by atoms with Crippen molar-refractivity contribution in [2.45, 2.75) is 6.42 Å². The predicted molar refractivity (Wildman–Crippen MR) is 84.5 cm³/mol. The van der Waals surface area contributed by atoms with Crippen molar-refractivity contribution in [1.29, 1.82) is 0 Å². The number of benzene rings is 1. The van der Waals surface area contributed by atoms with E-state index in [1.165, 1.54) is 0 Å². The summed E-state index contributed by atoms with van der Waals surface area (Å²) in [6.07, 6.45) is 0.780. The topological polar surface area (TPSA) is 34.1 Å². The Balaban J connectivity index is 2.01. The Morgan fingerprint density at radius 3 is 2.65 bits per heavy atom. The van der Waals surface area contributed by atoms with Crippen molar-refractivity contribution in [3.8, 4) is 5.75 Å². The average Bonchev–Trinajstić information content (AvgIpc) is 2.45. The third-order valence-electron chi connectivity index (χ3n) is 2.77. The normalized spacial score (nSPS) is 10.4. The fraction of sp³-hybridized carbons (Fsp3) is 0.214. The zero-order chi connectivity index (χ0) is 14.5. The monoisotopic (exact) mass is 330 g/mol. The molecule has 3 nitrogen and oxygen atoms in total. The summed E-state index contributed by atoms with van der Waals surface area (Å²) in [6.45, 7) is 0.658. The van der Waals surface area contributed by atoms with Gasteiger partial charge in [-0.3, -0.25) is 0 Å². The Morgan fingerprint density at radius 2 is 1.90 bits per heavy atom. The molecule has 0 amide bonds. The summed E-state index contributed by atoms with van der Waals surface area (Å²) < 4.78 is 5.30. The maximum absolute atomic E-state index is 6.05. The number of nitrogens with zero attached hydrogens (tertiary/aromatic N) is 1. The van der Waals surface area contributed by atoms with Crippen LogP contribution in [0.25, 0.3) is 0 Å². The average molecular weight is 332 g/mol. The van der Waals surface area contributed by atoms with Crippen molar-refractivity contribution in [3.05, 3.63) is 51.1 Å². The number of nitrogens with one attached hydrogen (secondary N) is 1. The van der Waals surface area contributed by atoms with E-state index in [-0.39, 0.29) is 5.15 Å². The number of methoxy groups -OCH3 is 1. The molecule has 0 aliphatic heterocycles. The molecule has 1 heterocycles. The first-order valence-electron chi connectivity index (χ1n) is 5.99. The molecule has 0 atom stereocenters. The van der Waals surface area contributed by atoms with Crippen molar-refractivity contribution in [3.63, 3.8) is 0 Å². The summed E-state index contributed by atoms with van der Waals surface area (Å²) in [4.78, 5) is 4.11. The van der Waals surface area contributed by atoms with Crippen LogP contribution in [0.4, 0.5) is 5.82 Å². The Kier molecular flexibility index (Phi) is 5.35. The first kappa shape index (κ1) is 15.2. The lowest BCUT2D eigenvalue weighted by atomic mass is 10.1. The first-order valence-corrected chi connectivity index (χ1v) is 7.12. The molecule has 106 valence electrons. The number of ether oxygens (including phenoxy) is 1. The van der Waals surface area contributed by atoms with E-state index in [2.05, 4.69) is 10.3 Å². The molecule has 6 heteroatoms. The van der Waals surface area contributed by atoms with Crippen LogP contribution in [0.3, 0.4) is 0 Å². The molecule has 2 aromatic rings. The molecule has 0 unspecified atom stereocenters. The minimum atomic E-state index is 0.232. The number of pyridine rings is 1. The van der Waals surface area contributed by atoms with Crippen molar-refractivity contribution in [2.75, 3.05) is 19.0 Å². The third-order valence-corrected chi connectivity index (χ3v) is 3.73. The van der Waals surface area contributed by atoms with Gasteiger partial charge in [0.25, 0.3) is 0 Å². The van der Waals surface area contributed by atoms with Gasteiger partial charge in [-0.1, -0.05) is 53.0 Å². The van der Waals surface area contributed by atoms with E-state index in [0.717, 1.165) is 17.7 Å². The quantitative estimate of drug-likeness (QED) is 0.806. The lowest BCUT2D eigenvalue weighted by molar-refractivity contribution is 0.410. The van der Waals surface area contributed by atoms with Crippen LogP contribution in [-0.4, -0.2) is 18.6 Å². The molecule has 0 spiro atoms. The zero-order valence-corrected chi connectivity index (χ0v) is 13.1. The van der Waals surface area contributed by atoms with Gasteiger partial charge in [0.1, 0.15) is 16.7 Å². The Bertz CT molecular complexity index is 605. The van der Waals surface area contributed by atoms with Crippen molar-refractivity contribution < 1.29 is 4.74 Å². The Morgan fingerprint density at radius 1 is 1.15 bits per heavy atom. The van der Waals surface area contributed by atoms with Gasteiger partial charge in [0.2, 0.25) is 0 Å². The van der Waals surface area contributed by atoms with Gasteiger partial charge in [-0.05, 0) is 24.1 Å². The highest BCUT2D eigenvalue weighted by molar-refractivity contribution is 6.42. The summed E-state index contributed by atoms with van der Waals surface area (Å²) in [7, 11) is 1.66. The number of halogens is 3. The van der Waals surface area contributed by atoms with E-state index >= 15 is 0 Å². The van der Waals surface area contributed by atoms with Crippen LogP contribution < -0.4 is 10.1 Å². The van der Waals surface area contributed by atoms with Gasteiger partial charge in [-0.15, -0.1) is 0 Å². The first-order chi connectivity index (χ1) is 9.61. The fourth-order valence-electron chi connectivity index (χ4n) is 1.79. The van der Waals surface area contributed by atoms with Gasteiger partial charge in [-0.25, -0.2) is 4.98 Å². The molecule has 1 aromatic carbocycles. The largest absolute Gasteiger partial charge is 0.496 e. The van der Waals surface area contributed by atoms with E-state index in [1.54, 1.807) is 13.2 Å². The maximum Gasteiger partial charge on any atom is 0.150 e. The van der Waals surface area contributed by atoms with Crippen molar-refractivity contribution in [1.82, 2.24) is 4.98 Å². The molecule has 20 heavy (non-hydrogen) atoms. The molecule has 1 N–H and O–H groups in total. The van der Waals surface area contributed by atoms with Gasteiger partial charge < -0.3 is 10.1 Å². The Hall–Kier alpha value is -1.16. The number of hydrogen-bond donors (Lipinski definition) is 1. The summed E-state index contributed by atoms with van der Waals surface area (Å²) in [6, 6.07) is 9.43. The smallest absolute Gasteiger partial charge is 0.150 e. The number of rotatable bonds is 5. The van der Waals surface area contributed by atoms with Crippen LogP contribution in [0.1, 0.15) is 5.56 Å². The maximum atomic E-state index is 6.05. The number of anilines is 1. The third kappa shape index (κ3) is 3.69. The summed E-state index contributed by atoms with van der Waals surface area (Å²) >= 11 is 17.7. The molecule has 0 aliphatic rings. The molecule has 0 fully saturated rings. The van der Waals surface area contributed by atoms with E-state index in [0.29, 0.717) is 22.4 Å². The van der Waals surface area contributed by atoms with Crippen LogP contribution in [0.2, 0.25) is 15.2 Å². The highest BCUT2D eigenvalue weighted by atomic mass is 35.5. The lowest BCUT2D eigenvalue weighted by Crippen LogP contribution is -2.07. The minimum absolute atomic E-state index is 0.232. The molecule has 1 aromatic heterocycles. The number of para-hydroxylation sites is 1. The van der Waals surface area contributed by atoms with Crippen LogP contribution in [0.15, 0.2) is 30.3 Å². The second-order valence-electron chi connectivity index (χ2n) is 4.08. The SMILES string of the molecule is COc1ccccc1CCNc1nc(Cl)c(Cl)cc1Cl. The summed E-state index contributed by atoms with van der Waals surface area (Å²) in [5.74, 6) is 1.39. The lowest BCUT2D eigenvalue weighted by Gasteiger charge is -2.10. The number of hydrogen-bond acceptors (Lipinski definition) is 3. The molecular formula is C14H13Cl3N2O. The molecule has 0 saturated carbocycles. The van der Waals surface area contributed by atoms with Crippen LogP contribution in [0, 0.1) is 0 Å². The van der Waals surface area contributed by atoms with Crippen LogP contribution >= 0.6 is 34.8 Å². The predicted octanol–water partition coefficient (Wildman–Crippen LogP) is 4.71. The highest BCUT2D eigenvalue weighted by Gasteiger charge is 2.08. The molecule has 0 saturated heterocycles. The fourth-order valence-corrected chi connectivity index (χ4v) is 2.36. The molecule has 2 rings (SSSR count). The van der Waals surface area contributed by atoms with Gasteiger partial charge in [0.05, 0.1) is 17.2 Å². The second kappa shape index (κ2) is 7.02. The van der Waals surface area contributed by atoms with Gasteiger partial charge >= 0.3 is 0 Å². The van der Waals surface area contributed by atoms with Crippen molar-refractivity contribution in [2.24, 2.45) is 0 Å². The van der Waals surface area contributed by atoms with Crippen LogP contribution in [-0.2, 0) is 6.42 Å². The molecule has 0 bridgehead atoms. The van der Waals surface area contributed by atoms with Crippen molar-refractivity contribution >= 4 is 40.6 Å². The van der Waals surface area contributed by atoms with E-state index in [4.69, 9.17) is 39.5 Å².